The maximum absolute atomic E-state index is 11.1. The fourth-order valence-corrected chi connectivity index (χ4v) is 1.88. The second kappa shape index (κ2) is 4.43. The molecule has 0 radical (unpaired) electrons. The van der Waals surface area contributed by atoms with E-state index in [4.69, 9.17) is 4.74 Å². The van der Waals surface area contributed by atoms with Gasteiger partial charge in [0, 0.05) is 49.8 Å². The number of benzene rings is 1. The Balaban J connectivity index is 2.19. The van der Waals surface area contributed by atoms with Gasteiger partial charge in [-0.3, -0.25) is 4.79 Å². The number of carbonyl (C=O) groups is 1. The highest BCUT2D eigenvalue weighted by Crippen LogP contribution is 2.28. The van der Waals surface area contributed by atoms with E-state index in [0.717, 1.165) is 5.69 Å². The first-order valence-corrected chi connectivity index (χ1v) is 5.34. The van der Waals surface area contributed by atoms with Crippen LogP contribution in [0.2, 0.25) is 0 Å². The van der Waals surface area contributed by atoms with E-state index in [1.807, 2.05) is 6.07 Å². The van der Waals surface area contributed by atoms with Crippen molar-refractivity contribution in [1.29, 1.82) is 0 Å². The number of ketones is 1. The van der Waals surface area contributed by atoms with E-state index in [-0.39, 0.29) is 5.75 Å². The van der Waals surface area contributed by atoms with E-state index in [1.54, 1.807) is 19.2 Å². The molecule has 1 aliphatic heterocycles. The summed E-state index contributed by atoms with van der Waals surface area (Å²) in [4.78, 5) is 13.2. The lowest BCUT2D eigenvalue weighted by atomic mass is 10.1. The van der Waals surface area contributed by atoms with Crippen LogP contribution in [0.4, 0.5) is 5.69 Å². The molecule has 0 aromatic heterocycles. The van der Waals surface area contributed by atoms with Crippen LogP contribution in [0.3, 0.4) is 0 Å². The minimum absolute atomic E-state index is 0.186. The zero-order valence-corrected chi connectivity index (χ0v) is 9.27. The number of anilines is 1. The summed E-state index contributed by atoms with van der Waals surface area (Å²) >= 11 is 0. The van der Waals surface area contributed by atoms with Gasteiger partial charge >= 0.3 is 0 Å². The van der Waals surface area contributed by atoms with Gasteiger partial charge in [-0.2, -0.15) is 0 Å². The molecule has 1 aromatic rings. The molecule has 4 nitrogen and oxygen atoms in total. The van der Waals surface area contributed by atoms with E-state index in [2.05, 4.69) is 4.90 Å². The van der Waals surface area contributed by atoms with Crippen LogP contribution < -0.4 is 9.64 Å². The summed E-state index contributed by atoms with van der Waals surface area (Å²) in [5, 5.41) is 9.53. The van der Waals surface area contributed by atoms with Gasteiger partial charge < -0.3 is 14.7 Å². The second-order valence-corrected chi connectivity index (χ2v) is 3.91. The molecule has 0 aliphatic carbocycles. The maximum Gasteiger partial charge on any atom is 0.136 e. The third-order valence-corrected chi connectivity index (χ3v) is 2.80. The van der Waals surface area contributed by atoms with Crippen LogP contribution in [0.1, 0.15) is 12.8 Å². The first kappa shape index (κ1) is 10.8. The molecule has 0 atom stereocenters. The normalized spacial score (nSPS) is 16.3. The molecule has 86 valence electrons. The Kier molecular flexibility index (Phi) is 2.99. The van der Waals surface area contributed by atoms with E-state index >= 15 is 0 Å². The number of hydrogen-bond acceptors (Lipinski definition) is 4. The Labute approximate surface area is 94.4 Å². The van der Waals surface area contributed by atoms with Crippen LogP contribution in [0.15, 0.2) is 18.2 Å². The van der Waals surface area contributed by atoms with Crippen molar-refractivity contribution in [1.82, 2.24) is 0 Å². The lowest BCUT2D eigenvalue weighted by molar-refractivity contribution is -0.119. The van der Waals surface area contributed by atoms with Crippen molar-refractivity contribution in [2.75, 3.05) is 25.1 Å². The Morgan fingerprint density at radius 3 is 2.56 bits per heavy atom. The molecule has 0 spiro atoms. The molecule has 0 unspecified atom stereocenters. The van der Waals surface area contributed by atoms with Crippen molar-refractivity contribution in [2.45, 2.75) is 12.8 Å². The monoisotopic (exact) mass is 221 g/mol. The van der Waals surface area contributed by atoms with Gasteiger partial charge in [-0.05, 0) is 0 Å². The largest absolute Gasteiger partial charge is 0.508 e. The smallest absolute Gasteiger partial charge is 0.136 e. The zero-order chi connectivity index (χ0) is 11.5. The first-order valence-electron chi connectivity index (χ1n) is 5.34. The summed E-state index contributed by atoms with van der Waals surface area (Å²) in [6.07, 6.45) is 1.16. The van der Waals surface area contributed by atoms with E-state index in [0.29, 0.717) is 37.5 Å². The molecule has 1 heterocycles. The quantitative estimate of drug-likeness (QED) is 0.823. The van der Waals surface area contributed by atoms with Crippen molar-refractivity contribution >= 4 is 11.5 Å². The van der Waals surface area contributed by atoms with Crippen LogP contribution in [0.25, 0.3) is 0 Å². The second-order valence-electron chi connectivity index (χ2n) is 3.91. The molecule has 2 rings (SSSR count). The minimum Gasteiger partial charge on any atom is -0.508 e. The number of piperidine rings is 1. The predicted molar refractivity (Wildman–Crippen MR) is 61.1 cm³/mol. The summed E-state index contributed by atoms with van der Waals surface area (Å²) < 4.78 is 5.09. The number of carbonyl (C=O) groups excluding carboxylic acids is 1. The number of hydrogen-bond donors (Lipinski definition) is 1. The Morgan fingerprint density at radius 1 is 1.25 bits per heavy atom. The molecule has 1 N–H and O–H groups in total. The molecular weight excluding hydrogens is 206 g/mol. The molecule has 1 aliphatic rings. The number of methoxy groups -OCH3 is 1. The van der Waals surface area contributed by atoms with Gasteiger partial charge in [-0.15, -0.1) is 0 Å². The van der Waals surface area contributed by atoms with Crippen LogP contribution in [-0.4, -0.2) is 31.1 Å². The number of aromatic hydroxyl groups is 1. The van der Waals surface area contributed by atoms with Crippen molar-refractivity contribution in [2.24, 2.45) is 0 Å². The topological polar surface area (TPSA) is 49.8 Å². The predicted octanol–water partition coefficient (Wildman–Crippen LogP) is 1.57. The highest BCUT2D eigenvalue weighted by Gasteiger charge is 2.17. The summed E-state index contributed by atoms with van der Waals surface area (Å²) in [6, 6.07) is 5.13. The standard InChI is InChI=1S/C12H15NO3/c1-16-12-7-9(6-11(15)8-12)13-4-2-10(14)3-5-13/h6-8,15H,2-5H2,1H3. The van der Waals surface area contributed by atoms with E-state index < -0.39 is 0 Å². The third kappa shape index (κ3) is 2.27. The molecule has 16 heavy (non-hydrogen) atoms. The van der Waals surface area contributed by atoms with Crippen LogP contribution in [0, 0.1) is 0 Å². The highest BCUT2D eigenvalue weighted by molar-refractivity contribution is 5.81. The highest BCUT2D eigenvalue weighted by atomic mass is 16.5. The Morgan fingerprint density at radius 2 is 1.94 bits per heavy atom. The number of nitrogens with zero attached hydrogens (tertiary/aromatic N) is 1. The van der Waals surface area contributed by atoms with Gasteiger partial charge in [0.2, 0.25) is 0 Å². The summed E-state index contributed by atoms with van der Waals surface area (Å²) in [5.74, 6) is 1.13. The van der Waals surface area contributed by atoms with Gasteiger partial charge in [0.05, 0.1) is 7.11 Å². The maximum atomic E-state index is 11.1. The average molecular weight is 221 g/mol. The molecule has 1 fully saturated rings. The van der Waals surface area contributed by atoms with Gasteiger partial charge in [0.15, 0.2) is 0 Å². The zero-order valence-electron chi connectivity index (χ0n) is 9.27. The lowest BCUT2D eigenvalue weighted by Crippen LogP contribution is -2.33. The molecule has 4 heteroatoms. The number of Topliss-reactive ketones (excluding diaryl/α,β-unsaturated/α-hetero) is 1. The number of phenols is 1. The summed E-state index contributed by atoms with van der Waals surface area (Å²) in [7, 11) is 1.57. The Bertz CT molecular complexity index is 393. The fraction of sp³-hybridized carbons (Fsp3) is 0.417. The minimum atomic E-state index is 0.186. The third-order valence-electron chi connectivity index (χ3n) is 2.80. The lowest BCUT2D eigenvalue weighted by Gasteiger charge is -2.28. The number of ether oxygens (including phenoxy) is 1. The molecule has 0 bridgehead atoms. The van der Waals surface area contributed by atoms with Crippen molar-refractivity contribution in [3.05, 3.63) is 18.2 Å². The molecule has 1 aromatic carbocycles. The van der Waals surface area contributed by atoms with E-state index in [9.17, 15) is 9.90 Å². The number of rotatable bonds is 2. The summed E-state index contributed by atoms with van der Waals surface area (Å²) in [5.41, 5.74) is 0.907. The fourth-order valence-electron chi connectivity index (χ4n) is 1.88. The van der Waals surface area contributed by atoms with Gasteiger partial charge in [-0.25, -0.2) is 0 Å². The van der Waals surface area contributed by atoms with Gasteiger partial charge in [0.25, 0.3) is 0 Å². The Hall–Kier alpha value is -1.71. The average Bonchev–Trinajstić information content (AvgIpc) is 2.29. The summed E-state index contributed by atoms with van der Waals surface area (Å²) in [6.45, 7) is 1.43. The van der Waals surface area contributed by atoms with Crippen LogP contribution in [0.5, 0.6) is 11.5 Å². The SMILES string of the molecule is COc1cc(O)cc(N2CCC(=O)CC2)c1. The van der Waals surface area contributed by atoms with Gasteiger partial charge in [0.1, 0.15) is 17.3 Å². The first-order chi connectivity index (χ1) is 7.69. The van der Waals surface area contributed by atoms with Crippen LogP contribution >= 0.6 is 0 Å². The molecule has 0 saturated carbocycles. The van der Waals surface area contributed by atoms with E-state index in [1.165, 1.54) is 0 Å². The number of phenolic OH excluding ortho intramolecular Hbond substituents is 1. The van der Waals surface area contributed by atoms with Gasteiger partial charge in [-0.1, -0.05) is 0 Å². The molecule has 0 amide bonds. The van der Waals surface area contributed by atoms with Crippen molar-refractivity contribution in [3.63, 3.8) is 0 Å². The van der Waals surface area contributed by atoms with Crippen molar-refractivity contribution < 1.29 is 14.6 Å². The molecular formula is C12H15NO3. The van der Waals surface area contributed by atoms with Crippen LogP contribution in [-0.2, 0) is 4.79 Å². The molecule has 1 saturated heterocycles. The van der Waals surface area contributed by atoms with Crippen molar-refractivity contribution in [3.8, 4) is 11.5 Å².